The lowest BCUT2D eigenvalue weighted by Crippen LogP contribution is -2.14. The summed E-state index contributed by atoms with van der Waals surface area (Å²) < 4.78 is 0. The maximum Gasteiger partial charge on any atom is 0.267 e. The highest BCUT2D eigenvalue weighted by molar-refractivity contribution is 5.91. The van der Waals surface area contributed by atoms with Gasteiger partial charge in [-0.05, 0) is 23.6 Å². The molecule has 0 bridgehead atoms. The maximum atomic E-state index is 10.9. The molecule has 1 heterocycles. The zero-order valence-corrected chi connectivity index (χ0v) is 12.1. The van der Waals surface area contributed by atoms with Crippen LogP contribution in [0.25, 0.3) is 17.2 Å². The summed E-state index contributed by atoms with van der Waals surface area (Å²) in [6, 6.07) is 7.37. The first-order chi connectivity index (χ1) is 10.5. The number of anilines is 2. The molecule has 0 spiro atoms. The van der Waals surface area contributed by atoms with Gasteiger partial charge in [0.15, 0.2) is 0 Å². The number of rotatable bonds is 4. The van der Waals surface area contributed by atoms with Crippen LogP contribution in [0.15, 0.2) is 30.3 Å². The third kappa shape index (κ3) is 3.39. The van der Waals surface area contributed by atoms with Crippen LogP contribution < -0.4 is 16.9 Å². The van der Waals surface area contributed by atoms with Crippen molar-refractivity contribution in [1.82, 2.24) is 15.4 Å². The quantitative estimate of drug-likeness (QED) is 0.384. The number of nitrogens with two attached hydrogens (primary N) is 2. The first kappa shape index (κ1) is 15.5. The van der Waals surface area contributed by atoms with Crippen LogP contribution in [0, 0.1) is 0 Å². The van der Waals surface area contributed by atoms with Crippen LogP contribution in [0.1, 0.15) is 18.2 Å². The van der Waals surface area contributed by atoms with Gasteiger partial charge in [-0.25, -0.2) is 10.5 Å². The number of hydrogen-bond acceptors (Lipinski definition) is 6. The molecule has 1 aromatic carbocycles. The molecular formula is C15H17N5O2. The summed E-state index contributed by atoms with van der Waals surface area (Å²) in [6.07, 6.45) is 3.50. The van der Waals surface area contributed by atoms with Crippen LogP contribution in [-0.4, -0.2) is 21.1 Å². The van der Waals surface area contributed by atoms with E-state index in [1.165, 1.54) is 11.6 Å². The van der Waals surface area contributed by atoms with Crippen molar-refractivity contribution < 1.29 is 10.0 Å². The van der Waals surface area contributed by atoms with Gasteiger partial charge >= 0.3 is 0 Å². The predicted octanol–water partition coefficient (Wildman–Crippen LogP) is 1.39. The highest BCUT2D eigenvalue weighted by Crippen LogP contribution is 2.28. The average Bonchev–Trinajstić information content (AvgIpc) is 2.52. The number of carbonyl (C=O) groups excluding carboxylic acids is 1. The third-order valence-corrected chi connectivity index (χ3v) is 3.10. The number of nitrogens with zero attached hydrogens (tertiary/aromatic N) is 2. The number of aryl methyl sites for hydroxylation is 1. The summed E-state index contributed by atoms with van der Waals surface area (Å²) >= 11 is 0. The second kappa shape index (κ2) is 6.68. The molecule has 0 aliphatic carbocycles. The van der Waals surface area contributed by atoms with Crippen LogP contribution >= 0.6 is 0 Å². The minimum absolute atomic E-state index is 0.160. The molecule has 1 amide bonds. The summed E-state index contributed by atoms with van der Waals surface area (Å²) in [7, 11) is 0. The highest BCUT2D eigenvalue weighted by atomic mass is 16.5. The fourth-order valence-corrected chi connectivity index (χ4v) is 2.09. The van der Waals surface area contributed by atoms with Gasteiger partial charge in [0.1, 0.15) is 5.82 Å². The zero-order valence-electron chi connectivity index (χ0n) is 12.1. The summed E-state index contributed by atoms with van der Waals surface area (Å²) in [5, 5.41) is 8.43. The lowest BCUT2D eigenvalue weighted by atomic mass is 10.0. The highest BCUT2D eigenvalue weighted by Gasteiger charge is 2.12. The van der Waals surface area contributed by atoms with Crippen molar-refractivity contribution in [1.29, 1.82) is 0 Å². The van der Waals surface area contributed by atoms with Crippen LogP contribution in [0.4, 0.5) is 11.8 Å². The van der Waals surface area contributed by atoms with Crippen molar-refractivity contribution in [2.45, 2.75) is 13.3 Å². The minimum Gasteiger partial charge on any atom is -0.383 e. The van der Waals surface area contributed by atoms with Crippen molar-refractivity contribution in [2.75, 3.05) is 11.5 Å². The molecule has 0 fully saturated rings. The number of nitrogens with one attached hydrogen (secondary N) is 1. The number of nitrogen functional groups attached to an aromatic ring is 2. The summed E-state index contributed by atoms with van der Waals surface area (Å²) in [5.41, 5.74) is 16.3. The molecule has 22 heavy (non-hydrogen) atoms. The summed E-state index contributed by atoms with van der Waals surface area (Å²) in [4.78, 5) is 19.2. The van der Waals surface area contributed by atoms with Gasteiger partial charge in [0.05, 0.1) is 5.69 Å². The van der Waals surface area contributed by atoms with Gasteiger partial charge in [-0.1, -0.05) is 31.2 Å². The minimum atomic E-state index is -0.589. The van der Waals surface area contributed by atoms with E-state index in [-0.39, 0.29) is 5.95 Å². The number of benzene rings is 1. The summed E-state index contributed by atoms with van der Waals surface area (Å²) in [6.45, 7) is 1.97. The van der Waals surface area contributed by atoms with E-state index in [9.17, 15) is 4.79 Å². The molecule has 1 aromatic heterocycles. The first-order valence-electron chi connectivity index (χ1n) is 6.69. The average molecular weight is 299 g/mol. The lowest BCUT2D eigenvalue weighted by Gasteiger charge is -2.11. The topological polar surface area (TPSA) is 127 Å². The van der Waals surface area contributed by atoms with Crippen LogP contribution in [0.5, 0.6) is 0 Å². The van der Waals surface area contributed by atoms with E-state index in [1.54, 1.807) is 6.08 Å². The second-order valence-corrected chi connectivity index (χ2v) is 4.57. The van der Waals surface area contributed by atoms with Crippen molar-refractivity contribution in [3.8, 4) is 11.1 Å². The van der Waals surface area contributed by atoms with Gasteiger partial charge in [-0.15, -0.1) is 0 Å². The molecule has 2 aromatic rings. The molecular weight excluding hydrogens is 282 g/mol. The fourth-order valence-electron chi connectivity index (χ4n) is 2.09. The Morgan fingerprint density at radius 1 is 1.27 bits per heavy atom. The zero-order chi connectivity index (χ0) is 16.1. The monoisotopic (exact) mass is 299 g/mol. The Bertz CT molecular complexity index is 711. The SMILES string of the molecule is CCc1nc(N)nc(N)c1-c1ccc(/C=C/C(=O)NO)cc1. The fraction of sp³-hybridized carbons (Fsp3) is 0.133. The van der Waals surface area contributed by atoms with Gasteiger partial charge in [0, 0.05) is 11.6 Å². The van der Waals surface area contributed by atoms with Crippen LogP contribution in [-0.2, 0) is 11.2 Å². The van der Waals surface area contributed by atoms with E-state index in [1.807, 2.05) is 31.2 Å². The predicted molar refractivity (Wildman–Crippen MR) is 84.6 cm³/mol. The van der Waals surface area contributed by atoms with Gasteiger partial charge < -0.3 is 11.5 Å². The smallest absolute Gasteiger partial charge is 0.267 e. The standard InChI is InChI=1S/C15H17N5O2/c1-2-11-13(14(16)19-15(17)18-11)10-6-3-9(4-7-10)5-8-12(21)20-22/h3-8,22H,2H2,1H3,(H,20,21)(H4,16,17,18,19)/b8-5+. The molecule has 2 rings (SSSR count). The number of aromatic nitrogens is 2. The van der Waals surface area contributed by atoms with Crippen molar-refractivity contribution in [3.63, 3.8) is 0 Å². The second-order valence-electron chi connectivity index (χ2n) is 4.57. The van der Waals surface area contributed by atoms with Gasteiger partial charge in [-0.2, -0.15) is 4.98 Å². The Kier molecular flexibility index (Phi) is 4.70. The van der Waals surface area contributed by atoms with Gasteiger partial charge in [0.2, 0.25) is 5.95 Å². The van der Waals surface area contributed by atoms with E-state index in [0.717, 1.165) is 22.4 Å². The van der Waals surface area contributed by atoms with Gasteiger partial charge in [-0.3, -0.25) is 10.0 Å². The molecule has 0 aliphatic rings. The third-order valence-electron chi connectivity index (χ3n) is 3.10. The Hall–Kier alpha value is -2.93. The molecule has 0 unspecified atom stereocenters. The molecule has 0 radical (unpaired) electrons. The van der Waals surface area contributed by atoms with Crippen molar-refractivity contribution in [3.05, 3.63) is 41.6 Å². The van der Waals surface area contributed by atoms with E-state index >= 15 is 0 Å². The van der Waals surface area contributed by atoms with Crippen molar-refractivity contribution in [2.24, 2.45) is 0 Å². The molecule has 6 N–H and O–H groups in total. The lowest BCUT2D eigenvalue weighted by molar-refractivity contribution is -0.124. The first-order valence-corrected chi connectivity index (χ1v) is 6.69. The molecule has 7 nitrogen and oxygen atoms in total. The number of carbonyl (C=O) groups is 1. The number of amides is 1. The van der Waals surface area contributed by atoms with E-state index in [4.69, 9.17) is 16.7 Å². The van der Waals surface area contributed by atoms with Crippen LogP contribution in [0.3, 0.4) is 0 Å². The Morgan fingerprint density at radius 3 is 2.55 bits per heavy atom. The van der Waals surface area contributed by atoms with Crippen LogP contribution in [0.2, 0.25) is 0 Å². The van der Waals surface area contributed by atoms with E-state index in [0.29, 0.717) is 12.2 Å². The van der Waals surface area contributed by atoms with Crippen molar-refractivity contribution >= 4 is 23.7 Å². The maximum absolute atomic E-state index is 10.9. The number of hydrogen-bond donors (Lipinski definition) is 4. The molecule has 0 saturated heterocycles. The molecule has 0 saturated carbocycles. The van der Waals surface area contributed by atoms with Gasteiger partial charge in [0.25, 0.3) is 5.91 Å². The van der Waals surface area contributed by atoms with E-state index < -0.39 is 5.91 Å². The molecule has 114 valence electrons. The van der Waals surface area contributed by atoms with E-state index in [2.05, 4.69) is 9.97 Å². The summed E-state index contributed by atoms with van der Waals surface area (Å²) in [5.74, 6) is -0.0894. The molecule has 0 aliphatic heterocycles. The number of hydroxylamine groups is 1. The molecule has 7 heteroatoms. The Balaban J connectivity index is 2.35. The molecule has 0 atom stereocenters. The largest absolute Gasteiger partial charge is 0.383 e. The Morgan fingerprint density at radius 2 is 1.95 bits per heavy atom. The Labute approximate surface area is 127 Å². The normalized spacial score (nSPS) is 10.8.